The van der Waals surface area contributed by atoms with E-state index in [1.165, 1.54) is 11.7 Å². The first-order valence-electron chi connectivity index (χ1n) is 6.45. The molecule has 0 aliphatic carbocycles. The van der Waals surface area contributed by atoms with Gasteiger partial charge in [0.15, 0.2) is 6.61 Å². The maximum atomic E-state index is 11.5. The van der Waals surface area contributed by atoms with Crippen molar-refractivity contribution in [1.82, 2.24) is 25.5 Å². The van der Waals surface area contributed by atoms with E-state index in [1.54, 1.807) is 31.3 Å². The minimum Gasteiger partial charge on any atom is -0.484 e. The van der Waals surface area contributed by atoms with Crippen LogP contribution in [0.15, 0.2) is 24.3 Å². The van der Waals surface area contributed by atoms with Crippen LogP contribution in [-0.4, -0.2) is 49.8 Å². The van der Waals surface area contributed by atoms with Gasteiger partial charge in [-0.3, -0.25) is 9.59 Å². The highest BCUT2D eigenvalue weighted by Gasteiger charge is 2.14. The van der Waals surface area contributed by atoms with E-state index in [2.05, 4.69) is 20.7 Å². The molecule has 116 valence electrons. The zero-order valence-electron chi connectivity index (χ0n) is 12.1. The molecule has 2 rings (SSSR count). The fourth-order valence-corrected chi connectivity index (χ4v) is 1.59. The number of carbonyl (C=O) groups excluding carboxylic acids is 1. The summed E-state index contributed by atoms with van der Waals surface area (Å²) in [5.41, 5.74) is 0.768. The Morgan fingerprint density at radius 3 is 2.59 bits per heavy atom. The van der Waals surface area contributed by atoms with Gasteiger partial charge in [-0.2, -0.15) is 4.80 Å². The van der Waals surface area contributed by atoms with Crippen molar-refractivity contribution in [2.24, 2.45) is 7.05 Å². The first-order chi connectivity index (χ1) is 10.5. The summed E-state index contributed by atoms with van der Waals surface area (Å²) < 4.78 is 5.28. The summed E-state index contributed by atoms with van der Waals surface area (Å²) in [6, 6.07) is 5.86. The van der Waals surface area contributed by atoms with Crippen LogP contribution in [0, 0.1) is 0 Å². The van der Waals surface area contributed by atoms with Crippen LogP contribution in [0.25, 0.3) is 11.4 Å². The van der Waals surface area contributed by atoms with Crippen LogP contribution in [0.2, 0.25) is 0 Å². The first kappa shape index (κ1) is 15.4. The van der Waals surface area contributed by atoms with Crippen molar-refractivity contribution in [1.29, 1.82) is 0 Å². The van der Waals surface area contributed by atoms with Gasteiger partial charge >= 0.3 is 5.97 Å². The van der Waals surface area contributed by atoms with Crippen LogP contribution in [0.4, 0.5) is 0 Å². The Balaban J connectivity index is 1.89. The number of tetrazole rings is 1. The van der Waals surface area contributed by atoms with Crippen LogP contribution < -0.4 is 10.1 Å². The molecule has 2 N–H and O–H groups in total. The number of carboxylic acids is 1. The summed E-state index contributed by atoms with van der Waals surface area (Å²) in [6.07, 6.45) is 0. The Kier molecular flexibility index (Phi) is 4.66. The van der Waals surface area contributed by atoms with E-state index < -0.39 is 17.9 Å². The topological polar surface area (TPSA) is 119 Å². The Hall–Kier alpha value is -2.97. The molecule has 9 nitrogen and oxygen atoms in total. The van der Waals surface area contributed by atoms with E-state index in [0.717, 1.165) is 5.56 Å². The molecule has 0 aliphatic rings. The van der Waals surface area contributed by atoms with E-state index in [-0.39, 0.29) is 6.61 Å². The molecule has 0 fully saturated rings. The quantitative estimate of drug-likeness (QED) is 0.761. The zero-order chi connectivity index (χ0) is 16.1. The Bertz CT molecular complexity index is 667. The minimum atomic E-state index is -1.10. The molecule has 22 heavy (non-hydrogen) atoms. The molecule has 0 radical (unpaired) electrons. The molecular formula is C13H15N5O4. The third-order valence-electron chi connectivity index (χ3n) is 2.74. The Morgan fingerprint density at radius 1 is 1.36 bits per heavy atom. The molecule has 1 aromatic heterocycles. The number of amides is 1. The molecule has 1 heterocycles. The number of carbonyl (C=O) groups is 2. The highest BCUT2D eigenvalue weighted by atomic mass is 16.5. The third kappa shape index (κ3) is 4.01. The predicted octanol–water partition coefficient (Wildman–Crippen LogP) is -0.155. The van der Waals surface area contributed by atoms with E-state index >= 15 is 0 Å². The minimum absolute atomic E-state index is 0.264. The predicted molar refractivity (Wildman–Crippen MR) is 75.0 cm³/mol. The fourth-order valence-electron chi connectivity index (χ4n) is 1.59. The summed E-state index contributed by atoms with van der Waals surface area (Å²) in [7, 11) is 1.67. The molecule has 2 aromatic rings. The average Bonchev–Trinajstić information content (AvgIpc) is 2.92. The summed E-state index contributed by atoms with van der Waals surface area (Å²) in [6.45, 7) is 1.11. The van der Waals surface area contributed by atoms with Crippen molar-refractivity contribution >= 4 is 11.9 Å². The number of rotatable bonds is 6. The lowest BCUT2D eigenvalue weighted by Gasteiger charge is -2.10. The van der Waals surface area contributed by atoms with Gasteiger partial charge < -0.3 is 15.2 Å². The maximum absolute atomic E-state index is 11.5. The fraction of sp³-hybridized carbons (Fsp3) is 0.308. The van der Waals surface area contributed by atoms with Crippen molar-refractivity contribution in [3.05, 3.63) is 24.3 Å². The van der Waals surface area contributed by atoms with Crippen LogP contribution in [-0.2, 0) is 16.6 Å². The number of hydrogen-bond acceptors (Lipinski definition) is 6. The first-order valence-corrected chi connectivity index (χ1v) is 6.45. The maximum Gasteiger partial charge on any atom is 0.325 e. The molecular weight excluding hydrogens is 290 g/mol. The highest BCUT2D eigenvalue weighted by molar-refractivity contribution is 5.84. The Morgan fingerprint density at radius 2 is 2.05 bits per heavy atom. The molecule has 1 amide bonds. The second kappa shape index (κ2) is 6.66. The molecule has 0 saturated carbocycles. The number of aryl methyl sites for hydroxylation is 1. The SMILES string of the molecule is C[C@@H](NC(=O)COc1ccc(-c2nnn(C)n2)cc1)C(=O)O. The average molecular weight is 305 g/mol. The highest BCUT2D eigenvalue weighted by Crippen LogP contribution is 2.18. The van der Waals surface area contributed by atoms with Gasteiger partial charge in [0.05, 0.1) is 7.05 Å². The molecule has 0 saturated heterocycles. The number of nitrogens with one attached hydrogen (secondary N) is 1. The number of benzene rings is 1. The zero-order valence-corrected chi connectivity index (χ0v) is 12.1. The summed E-state index contributed by atoms with van der Waals surface area (Å²) >= 11 is 0. The van der Waals surface area contributed by atoms with Crippen LogP contribution in [0.1, 0.15) is 6.92 Å². The smallest absolute Gasteiger partial charge is 0.325 e. The van der Waals surface area contributed by atoms with Gasteiger partial charge in [-0.05, 0) is 36.4 Å². The number of nitrogens with zero attached hydrogens (tertiary/aromatic N) is 4. The van der Waals surface area contributed by atoms with Crippen molar-refractivity contribution in [3.8, 4) is 17.1 Å². The number of hydrogen-bond donors (Lipinski definition) is 2. The molecule has 0 aliphatic heterocycles. The summed E-state index contributed by atoms with van der Waals surface area (Å²) in [5, 5.41) is 22.7. The summed E-state index contributed by atoms with van der Waals surface area (Å²) in [4.78, 5) is 23.5. The van der Waals surface area contributed by atoms with Crippen LogP contribution in [0.3, 0.4) is 0 Å². The van der Waals surface area contributed by atoms with Gasteiger partial charge in [-0.15, -0.1) is 10.2 Å². The van der Waals surface area contributed by atoms with Crippen LogP contribution >= 0.6 is 0 Å². The van der Waals surface area contributed by atoms with Crippen molar-refractivity contribution < 1.29 is 19.4 Å². The Labute approximate surface area is 125 Å². The number of aromatic nitrogens is 4. The largest absolute Gasteiger partial charge is 0.484 e. The van der Waals surface area contributed by atoms with Crippen LogP contribution in [0.5, 0.6) is 5.75 Å². The number of aliphatic carboxylic acids is 1. The van der Waals surface area contributed by atoms with Gasteiger partial charge in [-0.1, -0.05) is 0 Å². The second-order valence-electron chi connectivity index (χ2n) is 4.54. The molecule has 9 heteroatoms. The molecule has 1 aromatic carbocycles. The van der Waals surface area contributed by atoms with E-state index in [0.29, 0.717) is 11.6 Å². The number of ether oxygens (including phenoxy) is 1. The van der Waals surface area contributed by atoms with Crippen molar-refractivity contribution in [2.45, 2.75) is 13.0 Å². The van der Waals surface area contributed by atoms with Gasteiger partial charge in [0.1, 0.15) is 11.8 Å². The third-order valence-corrected chi connectivity index (χ3v) is 2.74. The standard InChI is InChI=1S/C13H15N5O4/c1-8(13(20)21)14-11(19)7-22-10-5-3-9(4-6-10)12-15-17-18(2)16-12/h3-6,8H,7H2,1-2H3,(H,14,19)(H,20,21)/t8-/m1/s1. The van der Waals surface area contributed by atoms with Gasteiger partial charge in [0, 0.05) is 5.56 Å². The van der Waals surface area contributed by atoms with E-state index in [1.807, 2.05) is 0 Å². The molecule has 1 atom stereocenters. The van der Waals surface area contributed by atoms with Gasteiger partial charge in [0.25, 0.3) is 5.91 Å². The monoisotopic (exact) mass is 305 g/mol. The van der Waals surface area contributed by atoms with Gasteiger partial charge in [-0.25, -0.2) is 0 Å². The lowest BCUT2D eigenvalue weighted by molar-refractivity contribution is -0.141. The second-order valence-corrected chi connectivity index (χ2v) is 4.54. The molecule has 0 spiro atoms. The lowest BCUT2D eigenvalue weighted by Crippen LogP contribution is -2.40. The summed E-state index contributed by atoms with van der Waals surface area (Å²) in [5.74, 6) is -0.642. The van der Waals surface area contributed by atoms with Gasteiger partial charge in [0.2, 0.25) is 5.82 Å². The lowest BCUT2D eigenvalue weighted by atomic mass is 10.2. The van der Waals surface area contributed by atoms with Crippen molar-refractivity contribution in [3.63, 3.8) is 0 Å². The van der Waals surface area contributed by atoms with E-state index in [9.17, 15) is 9.59 Å². The van der Waals surface area contributed by atoms with Crippen molar-refractivity contribution in [2.75, 3.05) is 6.61 Å². The normalized spacial score (nSPS) is 11.7. The molecule has 0 bridgehead atoms. The molecule has 0 unspecified atom stereocenters. The number of carboxylic acid groups (broad SMARTS) is 1. The van der Waals surface area contributed by atoms with E-state index in [4.69, 9.17) is 9.84 Å².